The second-order valence-electron chi connectivity index (χ2n) is 7.95. The van der Waals surface area contributed by atoms with Crippen LogP contribution >= 0.6 is 11.6 Å². The molecule has 0 atom stereocenters. The lowest BCUT2D eigenvalue weighted by molar-refractivity contribution is 0.413. The molecule has 4 aromatic heterocycles. The van der Waals surface area contributed by atoms with Gasteiger partial charge < -0.3 is 10.1 Å². The van der Waals surface area contributed by atoms with E-state index in [-0.39, 0.29) is 0 Å². The third kappa shape index (κ3) is 4.05. The van der Waals surface area contributed by atoms with Gasteiger partial charge in [-0.15, -0.1) is 10.2 Å². The molecule has 166 valence electrons. The monoisotopic (exact) mass is 459 g/mol. The first-order valence-corrected chi connectivity index (χ1v) is 10.9. The number of pyridine rings is 2. The van der Waals surface area contributed by atoms with Crippen molar-refractivity contribution in [3.8, 4) is 17.0 Å². The van der Waals surface area contributed by atoms with Crippen molar-refractivity contribution in [1.29, 1.82) is 0 Å². The molecule has 1 aromatic carbocycles. The van der Waals surface area contributed by atoms with Crippen LogP contribution in [0.3, 0.4) is 0 Å². The summed E-state index contributed by atoms with van der Waals surface area (Å²) in [4.78, 5) is 8.85. The van der Waals surface area contributed by atoms with Crippen LogP contribution in [0.15, 0.2) is 54.9 Å². The first-order chi connectivity index (χ1) is 16.0. The highest BCUT2D eigenvalue weighted by Crippen LogP contribution is 2.29. The van der Waals surface area contributed by atoms with Gasteiger partial charge in [-0.25, -0.2) is 4.98 Å². The molecule has 0 radical (unpaired) electrons. The largest absolute Gasteiger partial charge is 0.495 e. The van der Waals surface area contributed by atoms with Crippen LogP contribution in [0.25, 0.3) is 27.9 Å². The quantitative estimate of drug-likeness (QED) is 0.376. The molecule has 9 heteroatoms. The lowest BCUT2D eigenvalue weighted by atomic mass is 10.0. The molecule has 0 spiro atoms. The number of halogens is 1. The van der Waals surface area contributed by atoms with Crippen LogP contribution in [0.5, 0.6) is 5.75 Å². The molecular weight excluding hydrogens is 438 g/mol. The van der Waals surface area contributed by atoms with Gasteiger partial charge in [-0.05, 0) is 35.7 Å². The summed E-state index contributed by atoms with van der Waals surface area (Å²) in [6.07, 6.45) is 3.40. The van der Waals surface area contributed by atoms with Gasteiger partial charge in [-0.2, -0.15) is 9.61 Å². The zero-order valence-electron chi connectivity index (χ0n) is 18.5. The number of aromatic nitrogens is 6. The Bertz CT molecular complexity index is 1460. The van der Waals surface area contributed by atoms with E-state index in [0.717, 1.165) is 38.6 Å². The zero-order valence-corrected chi connectivity index (χ0v) is 19.2. The number of hydrogen-bond donors (Lipinski definition) is 1. The number of nitrogens with zero attached hydrogens (tertiary/aromatic N) is 6. The molecule has 0 aliphatic carbocycles. The zero-order chi connectivity index (χ0) is 22.9. The van der Waals surface area contributed by atoms with Crippen LogP contribution in [-0.4, -0.2) is 36.9 Å². The number of nitrogens with one attached hydrogen (secondary N) is 1. The average molecular weight is 460 g/mol. The normalized spacial score (nSPS) is 11.4. The van der Waals surface area contributed by atoms with Crippen molar-refractivity contribution in [2.75, 3.05) is 12.4 Å². The van der Waals surface area contributed by atoms with Crippen LogP contribution in [-0.2, 0) is 6.54 Å². The molecular formula is C24H22ClN7O. The Morgan fingerprint density at radius 3 is 2.73 bits per heavy atom. The number of rotatable bonds is 6. The van der Waals surface area contributed by atoms with E-state index in [9.17, 15) is 0 Å². The maximum Gasteiger partial charge on any atom is 0.178 e. The van der Waals surface area contributed by atoms with E-state index in [4.69, 9.17) is 21.4 Å². The van der Waals surface area contributed by atoms with Crippen molar-refractivity contribution in [2.45, 2.75) is 26.3 Å². The average Bonchev–Trinajstić information content (AvgIpc) is 3.24. The molecule has 33 heavy (non-hydrogen) atoms. The number of ether oxygens (including phenoxy) is 1. The highest BCUT2D eigenvalue weighted by molar-refractivity contribution is 6.31. The first kappa shape index (κ1) is 21.1. The van der Waals surface area contributed by atoms with Crippen molar-refractivity contribution in [3.05, 3.63) is 71.3 Å². The lowest BCUT2D eigenvalue weighted by Gasteiger charge is -2.10. The number of benzene rings is 1. The van der Waals surface area contributed by atoms with Crippen molar-refractivity contribution in [2.24, 2.45) is 0 Å². The summed E-state index contributed by atoms with van der Waals surface area (Å²) in [5.74, 6) is 1.70. The van der Waals surface area contributed by atoms with Crippen molar-refractivity contribution in [3.63, 3.8) is 0 Å². The van der Waals surface area contributed by atoms with Crippen LogP contribution in [0.1, 0.15) is 31.2 Å². The van der Waals surface area contributed by atoms with Crippen LogP contribution in [0, 0.1) is 0 Å². The molecule has 0 bridgehead atoms. The van der Waals surface area contributed by atoms with Crippen molar-refractivity contribution in [1.82, 2.24) is 29.8 Å². The van der Waals surface area contributed by atoms with Crippen LogP contribution in [0.4, 0.5) is 5.69 Å². The van der Waals surface area contributed by atoms with Crippen LogP contribution in [0.2, 0.25) is 5.02 Å². The molecule has 0 aliphatic rings. The van der Waals surface area contributed by atoms with Gasteiger partial charge in [0.05, 0.1) is 36.7 Å². The Hall–Kier alpha value is -3.78. The molecule has 0 aliphatic heterocycles. The molecule has 0 saturated heterocycles. The van der Waals surface area contributed by atoms with Crippen molar-refractivity contribution < 1.29 is 4.74 Å². The van der Waals surface area contributed by atoms with E-state index in [1.807, 2.05) is 36.4 Å². The van der Waals surface area contributed by atoms with E-state index >= 15 is 0 Å². The summed E-state index contributed by atoms with van der Waals surface area (Å²) in [6, 6.07) is 13.6. The maximum absolute atomic E-state index is 6.50. The second kappa shape index (κ2) is 8.63. The first-order valence-electron chi connectivity index (χ1n) is 10.6. The highest BCUT2D eigenvalue weighted by Gasteiger charge is 2.12. The van der Waals surface area contributed by atoms with E-state index in [1.54, 1.807) is 24.0 Å². The van der Waals surface area contributed by atoms with E-state index in [1.165, 1.54) is 0 Å². The Balaban J connectivity index is 1.44. The minimum absolute atomic E-state index is 0.359. The number of hydrogen-bond acceptors (Lipinski definition) is 7. The minimum atomic E-state index is 0.359. The molecule has 8 nitrogen and oxygen atoms in total. The molecule has 5 rings (SSSR count). The molecule has 4 heterocycles. The molecule has 0 amide bonds. The van der Waals surface area contributed by atoms with Crippen molar-refractivity contribution >= 4 is 34.0 Å². The maximum atomic E-state index is 6.50. The smallest absolute Gasteiger partial charge is 0.178 e. The predicted octanol–water partition coefficient (Wildman–Crippen LogP) is 5.13. The minimum Gasteiger partial charge on any atom is -0.495 e. The second-order valence-corrected chi connectivity index (χ2v) is 8.36. The Morgan fingerprint density at radius 2 is 1.94 bits per heavy atom. The van der Waals surface area contributed by atoms with E-state index < -0.39 is 0 Å². The lowest BCUT2D eigenvalue weighted by Crippen LogP contribution is -2.07. The molecule has 0 unspecified atom stereocenters. The SMILES string of the molecule is COc1cnc2c(NCc3nnc4ccc(-c5ccc(C(C)C)c(Cl)c5)nn34)ccnc2c1. The van der Waals surface area contributed by atoms with Gasteiger partial charge >= 0.3 is 0 Å². The fourth-order valence-electron chi connectivity index (χ4n) is 3.69. The third-order valence-corrected chi connectivity index (χ3v) is 5.80. The predicted molar refractivity (Wildman–Crippen MR) is 129 cm³/mol. The summed E-state index contributed by atoms with van der Waals surface area (Å²) in [6.45, 7) is 4.66. The van der Waals surface area contributed by atoms with Gasteiger partial charge in [0.1, 0.15) is 11.3 Å². The Morgan fingerprint density at radius 1 is 1.06 bits per heavy atom. The third-order valence-electron chi connectivity index (χ3n) is 5.47. The molecule has 5 aromatic rings. The summed E-state index contributed by atoms with van der Waals surface area (Å²) in [5.41, 5.74) is 5.86. The summed E-state index contributed by atoms with van der Waals surface area (Å²) >= 11 is 6.50. The summed E-state index contributed by atoms with van der Waals surface area (Å²) in [7, 11) is 1.61. The fraction of sp³-hybridized carbons (Fsp3) is 0.208. The van der Waals surface area contributed by atoms with Gasteiger partial charge in [0, 0.05) is 22.8 Å². The Kier molecular flexibility index (Phi) is 5.51. The topological polar surface area (TPSA) is 90.1 Å². The van der Waals surface area contributed by atoms with E-state index in [0.29, 0.717) is 29.7 Å². The molecule has 0 fully saturated rings. The summed E-state index contributed by atoms with van der Waals surface area (Å²) in [5, 5.41) is 17.4. The number of fused-ring (bicyclic) bond motifs is 2. The van der Waals surface area contributed by atoms with Gasteiger partial charge in [0.25, 0.3) is 0 Å². The van der Waals surface area contributed by atoms with Gasteiger partial charge in [-0.3, -0.25) is 4.98 Å². The summed E-state index contributed by atoms with van der Waals surface area (Å²) < 4.78 is 6.98. The highest BCUT2D eigenvalue weighted by atomic mass is 35.5. The van der Waals surface area contributed by atoms with Gasteiger partial charge in [0.15, 0.2) is 11.5 Å². The fourth-order valence-corrected chi connectivity index (χ4v) is 4.09. The van der Waals surface area contributed by atoms with Gasteiger partial charge in [-0.1, -0.05) is 37.6 Å². The van der Waals surface area contributed by atoms with E-state index in [2.05, 4.69) is 45.4 Å². The molecule has 0 saturated carbocycles. The van der Waals surface area contributed by atoms with Crippen LogP contribution < -0.4 is 10.1 Å². The Labute approximate surface area is 195 Å². The van der Waals surface area contributed by atoms with Gasteiger partial charge in [0.2, 0.25) is 0 Å². The molecule has 1 N–H and O–H groups in total. The standard InChI is InChI=1S/C24H22ClN7O/c1-14(2)17-5-4-15(10-18(17)25)19-6-7-22-29-30-23(32(22)31-19)13-27-20-8-9-26-21-11-16(33-3)12-28-24(20)21/h4-12,14H,13H2,1-3H3,(H,26,27). The number of anilines is 1. The number of methoxy groups -OCH3 is 1.